The minimum Gasteiger partial charge on any atom is -0.392 e. The number of aliphatic hydroxyl groups is 1. The molecule has 110 valence electrons. The van der Waals surface area contributed by atoms with E-state index < -0.39 is 21.1 Å². The van der Waals surface area contributed by atoms with E-state index in [1.54, 1.807) is 0 Å². The van der Waals surface area contributed by atoms with E-state index in [-0.39, 0.29) is 23.0 Å². The van der Waals surface area contributed by atoms with Crippen molar-refractivity contribution in [3.05, 3.63) is 34.4 Å². The van der Waals surface area contributed by atoms with Crippen molar-refractivity contribution in [3.63, 3.8) is 0 Å². The van der Waals surface area contributed by atoms with Gasteiger partial charge < -0.3 is 5.11 Å². The number of hydrogen-bond acceptors (Lipinski definition) is 5. The van der Waals surface area contributed by atoms with E-state index in [2.05, 4.69) is 0 Å². The monoisotopic (exact) mass is 300 g/mol. The third-order valence-corrected chi connectivity index (χ3v) is 5.14. The molecule has 0 radical (unpaired) electrons. The van der Waals surface area contributed by atoms with Crippen molar-refractivity contribution >= 4 is 15.7 Å². The smallest absolute Gasteiger partial charge is 0.269 e. The highest BCUT2D eigenvalue weighted by molar-refractivity contribution is 7.89. The summed E-state index contributed by atoms with van der Waals surface area (Å²) in [5.74, 6) is 0.0755. The van der Waals surface area contributed by atoms with Crippen LogP contribution < -0.4 is 0 Å². The topological polar surface area (TPSA) is 101 Å². The summed E-state index contributed by atoms with van der Waals surface area (Å²) in [5.41, 5.74) is -0.156. The zero-order valence-electron chi connectivity index (χ0n) is 11.0. The van der Waals surface area contributed by atoms with Gasteiger partial charge in [0, 0.05) is 25.2 Å². The molecule has 0 aromatic heterocycles. The first-order valence-corrected chi connectivity index (χ1v) is 7.67. The predicted molar refractivity (Wildman–Crippen MR) is 71.6 cm³/mol. The molecule has 0 amide bonds. The molecular weight excluding hydrogens is 284 g/mol. The Morgan fingerprint density at radius 1 is 1.30 bits per heavy atom. The molecule has 1 aromatic rings. The summed E-state index contributed by atoms with van der Waals surface area (Å²) in [7, 11) is -3.72. The Hall–Kier alpha value is -1.51. The Labute approximate surface area is 117 Å². The summed E-state index contributed by atoms with van der Waals surface area (Å²) >= 11 is 0. The molecule has 0 saturated carbocycles. The average molecular weight is 300 g/mol. The van der Waals surface area contributed by atoms with E-state index in [9.17, 15) is 23.6 Å². The maximum atomic E-state index is 12.4. The molecule has 20 heavy (non-hydrogen) atoms. The summed E-state index contributed by atoms with van der Waals surface area (Å²) in [6.45, 7) is 2.28. The lowest BCUT2D eigenvalue weighted by molar-refractivity contribution is -0.384. The van der Waals surface area contributed by atoms with Gasteiger partial charge in [0.2, 0.25) is 10.0 Å². The van der Waals surface area contributed by atoms with Gasteiger partial charge in [0.05, 0.1) is 15.9 Å². The molecular formula is C12H16N2O5S. The highest BCUT2D eigenvalue weighted by Crippen LogP contribution is 2.24. The molecule has 7 nitrogen and oxygen atoms in total. The molecule has 8 heteroatoms. The molecule has 1 heterocycles. The van der Waals surface area contributed by atoms with E-state index in [4.69, 9.17) is 0 Å². The zero-order valence-corrected chi connectivity index (χ0v) is 11.8. The van der Waals surface area contributed by atoms with Crippen molar-refractivity contribution in [2.24, 2.45) is 5.92 Å². The summed E-state index contributed by atoms with van der Waals surface area (Å²) in [5, 5.41) is 20.2. The Morgan fingerprint density at radius 3 is 2.40 bits per heavy atom. The van der Waals surface area contributed by atoms with Crippen LogP contribution in [0.25, 0.3) is 0 Å². The zero-order chi connectivity index (χ0) is 14.9. The van der Waals surface area contributed by atoms with Crippen molar-refractivity contribution < 1.29 is 18.4 Å². The molecule has 1 aliphatic rings. The van der Waals surface area contributed by atoms with Crippen LogP contribution in [-0.2, 0) is 10.0 Å². The Bertz CT molecular complexity index is 589. The standard InChI is InChI=1S/C12H16N2O5S/c1-9-6-11(15)8-13(7-9)20(18,19)12-4-2-10(3-5-12)14(16)17/h2-5,9,11,15H,6-8H2,1H3/t9-,11-/m1/s1. The Morgan fingerprint density at radius 2 is 1.90 bits per heavy atom. The number of nitro benzene ring substituents is 1. The Kier molecular flexibility index (Phi) is 4.07. The maximum absolute atomic E-state index is 12.4. The minimum absolute atomic E-state index is 0.00407. The van der Waals surface area contributed by atoms with Gasteiger partial charge in [-0.25, -0.2) is 8.42 Å². The van der Waals surface area contributed by atoms with E-state index in [1.165, 1.54) is 16.4 Å². The number of piperidine rings is 1. The highest BCUT2D eigenvalue weighted by Gasteiger charge is 2.32. The molecule has 1 aromatic carbocycles. The number of non-ortho nitro benzene ring substituents is 1. The number of aliphatic hydroxyl groups excluding tert-OH is 1. The first kappa shape index (κ1) is 14.9. The molecule has 1 fully saturated rings. The quantitative estimate of drug-likeness (QED) is 0.662. The molecule has 1 aliphatic heterocycles. The van der Waals surface area contributed by atoms with Gasteiger partial charge in [0.25, 0.3) is 5.69 Å². The predicted octanol–water partition coefficient (Wildman–Crippen LogP) is 0.986. The maximum Gasteiger partial charge on any atom is 0.269 e. The lowest BCUT2D eigenvalue weighted by atomic mass is 10.00. The normalized spacial score (nSPS) is 24.5. The van der Waals surface area contributed by atoms with Crippen molar-refractivity contribution in [3.8, 4) is 0 Å². The van der Waals surface area contributed by atoms with Crippen LogP contribution in [0.1, 0.15) is 13.3 Å². The van der Waals surface area contributed by atoms with Crippen LogP contribution in [0.2, 0.25) is 0 Å². The Balaban J connectivity index is 2.27. The van der Waals surface area contributed by atoms with Gasteiger partial charge in [0.1, 0.15) is 0 Å². The SMILES string of the molecule is C[C@@H]1C[C@@H](O)CN(S(=O)(=O)c2ccc([N+](=O)[O-])cc2)C1. The second-order valence-electron chi connectivity index (χ2n) is 5.07. The van der Waals surface area contributed by atoms with Crippen LogP contribution >= 0.6 is 0 Å². The third kappa shape index (κ3) is 2.97. The summed E-state index contributed by atoms with van der Waals surface area (Å²) in [4.78, 5) is 9.99. The van der Waals surface area contributed by atoms with E-state index in [0.717, 1.165) is 12.1 Å². The highest BCUT2D eigenvalue weighted by atomic mass is 32.2. The fraction of sp³-hybridized carbons (Fsp3) is 0.500. The van der Waals surface area contributed by atoms with Gasteiger partial charge in [-0.3, -0.25) is 10.1 Å². The van der Waals surface area contributed by atoms with Crippen molar-refractivity contribution in [1.29, 1.82) is 0 Å². The number of nitro groups is 1. The lowest BCUT2D eigenvalue weighted by Crippen LogP contribution is -2.45. The van der Waals surface area contributed by atoms with Gasteiger partial charge in [-0.1, -0.05) is 6.92 Å². The van der Waals surface area contributed by atoms with E-state index >= 15 is 0 Å². The van der Waals surface area contributed by atoms with Crippen molar-refractivity contribution in [1.82, 2.24) is 4.31 Å². The first-order chi connectivity index (χ1) is 9.30. The van der Waals surface area contributed by atoms with Crippen molar-refractivity contribution in [2.75, 3.05) is 13.1 Å². The molecule has 1 N–H and O–H groups in total. The number of benzene rings is 1. The molecule has 0 bridgehead atoms. The fourth-order valence-electron chi connectivity index (χ4n) is 2.36. The van der Waals surface area contributed by atoms with Crippen LogP contribution in [0.5, 0.6) is 0 Å². The summed E-state index contributed by atoms with van der Waals surface area (Å²) in [6.07, 6.45) is -0.0988. The van der Waals surface area contributed by atoms with E-state index in [0.29, 0.717) is 13.0 Å². The van der Waals surface area contributed by atoms with Crippen LogP contribution in [0, 0.1) is 16.0 Å². The molecule has 0 unspecified atom stereocenters. The molecule has 2 rings (SSSR count). The first-order valence-electron chi connectivity index (χ1n) is 6.23. The second kappa shape index (κ2) is 5.47. The number of hydrogen-bond donors (Lipinski definition) is 1. The third-order valence-electron chi connectivity index (χ3n) is 3.29. The lowest BCUT2D eigenvalue weighted by Gasteiger charge is -2.33. The molecule has 0 aliphatic carbocycles. The van der Waals surface area contributed by atoms with Gasteiger partial charge in [-0.15, -0.1) is 0 Å². The van der Waals surface area contributed by atoms with Crippen LogP contribution in [0.4, 0.5) is 5.69 Å². The van der Waals surface area contributed by atoms with Gasteiger partial charge >= 0.3 is 0 Å². The molecule has 1 saturated heterocycles. The summed E-state index contributed by atoms with van der Waals surface area (Å²) in [6, 6.07) is 4.77. The second-order valence-corrected chi connectivity index (χ2v) is 7.01. The summed E-state index contributed by atoms with van der Waals surface area (Å²) < 4.78 is 26.0. The average Bonchev–Trinajstić information content (AvgIpc) is 2.37. The van der Waals surface area contributed by atoms with Gasteiger partial charge in [0.15, 0.2) is 0 Å². The number of β-amino-alcohol motifs (C(OH)–C–C–N with tert-alkyl or cyclic N) is 1. The van der Waals surface area contributed by atoms with Gasteiger partial charge in [-0.05, 0) is 24.5 Å². The van der Waals surface area contributed by atoms with Gasteiger partial charge in [-0.2, -0.15) is 4.31 Å². The largest absolute Gasteiger partial charge is 0.392 e. The van der Waals surface area contributed by atoms with Crippen LogP contribution in [0.15, 0.2) is 29.2 Å². The minimum atomic E-state index is -3.72. The molecule has 2 atom stereocenters. The molecule has 0 spiro atoms. The van der Waals surface area contributed by atoms with E-state index in [1.807, 2.05) is 6.92 Å². The number of nitrogens with zero attached hydrogens (tertiary/aromatic N) is 2. The van der Waals surface area contributed by atoms with Crippen LogP contribution in [-0.4, -0.2) is 41.9 Å². The van der Waals surface area contributed by atoms with Crippen LogP contribution in [0.3, 0.4) is 0 Å². The van der Waals surface area contributed by atoms with Crippen molar-refractivity contribution in [2.45, 2.75) is 24.3 Å². The number of rotatable bonds is 3. The fourth-order valence-corrected chi connectivity index (χ4v) is 3.95. The number of sulfonamides is 1.